The standard InChI is InChI=1S/C8H17NO2S/c1-5-6-7(9)8(2,3)12(4,10)11/h5,7H,1,6,9H2,2-4H3. The molecule has 0 aromatic heterocycles. The van der Waals surface area contributed by atoms with Crippen molar-refractivity contribution in [2.75, 3.05) is 6.26 Å². The van der Waals surface area contributed by atoms with Crippen molar-refractivity contribution in [1.29, 1.82) is 0 Å². The average molecular weight is 191 g/mol. The van der Waals surface area contributed by atoms with Gasteiger partial charge in [-0.2, -0.15) is 0 Å². The van der Waals surface area contributed by atoms with Crippen molar-refractivity contribution in [2.45, 2.75) is 31.1 Å². The van der Waals surface area contributed by atoms with Gasteiger partial charge in [0.2, 0.25) is 0 Å². The van der Waals surface area contributed by atoms with Crippen LogP contribution in [-0.2, 0) is 9.84 Å². The fourth-order valence-electron chi connectivity index (χ4n) is 0.738. The van der Waals surface area contributed by atoms with Gasteiger partial charge in [0.15, 0.2) is 9.84 Å². The zero-order valence-corrected chi connectivity index (χ0v) is 8.69. The van der Waals surface area contributed by atoms with Crippen molar-refractivity contribution in [3.63, 3.8) is 0 Å². The van der Waals surface area contributed by atoms with E-state index in [0.717, 1.165) is 0 Å². The molecule has 0 spiro atoms. The molecule has 0 aromatic rings. The van der Waals surface area contributed by atoms with Gasteiger partial charge >= 0.3 is 0 Å². The smallest absolute Gasteiger partial charge is 0.154 e. The summed E-state index contributed by atoms with van der Waals surface area (Å²) >= 11 is 0. The maximum atomic E-state index is 11.3. The van der Waals surface area contributed by atoms with Crippen LogP contribution in [0.15, 0.2) is 12.7 Å². The Balaban J connectivity index is 4.73. The molecule has 0 heterocycles. The second-order valence-electron chi connectivity index (χ2n) is 3.51. The molecular weight excluding hydrogens is 174 g/mol. The Kier molecular flexibility index (Phi) is 3.47. The van der Waals surface area contributed by atoms with Crippen LogP contribution in [0.4, 0.5) is 0 Å². The van der Waals surface area contributed by atoms with Gasteiger partial charge in [0.25, 0.3) is 0 Å². The number of hydrogen-bond donors (Lipinski definition) is 1. The molecule has 0 fully saturated rings. The van der Waals surface area contributed by atoms with Gasteiger partial charge in [-0.25, -0.2) is 8.42 Å². The van der Waals surface area contributed by atoms with Crippen LogP contribution in [0.5, 0.6) is 0 Å². The lowest BCUT2D eigenvalue weighted by molar-refractivity contribution is 0.487. The molecule has 0 saturated heterocycles. The van der Waals surface area contributed by atoms with E-state index in [4.69, 9.17) is 5.73 Å². The molecule has 2 N–H and O–H groups in total. The molecule has 0 aliphatic carbocycles. The molecule has 0 amide bonds. The van der Waals surface area contributed by atoms with E-state index in [9.17, 15) is 8.42 Å². The van der Waals surface area contributed by atoms with Gasteiger partial charge in [0, 0.05) is 12.3 Å². The normalized spacial score (nSPS) is 15.7. The van der Waals surface area contributed by atoms with Crippen LogP contribution >= 0.6 is 0 Å². The molecule has 12 heavy (non-hydrogen) atoms. The highest BCUT2D eigenvalue weighted by molar-refractivity contribution is 7.92. The fraction of sp³-hybridized carbons (Fsp3) is 0.750. The average Bonchev–Trinajstić information content (AvgIpc) is 1.85. The molecule has 1 atom stereocenters. The fourth-order valence-corrected chi connectivity index (χ4v) is 1.38. The summed E-state index contributed by atoms with van der Waals surface area (Å²) in [6.07, 6.45) is 3.35. The molecule has 0 saturated carbocycles. The van der Waals surface area contributed by atoms with E-state index in [1.54, 1.807) is 19.9 Å². The van der Waals surface area contributed by atoms with Gasteiger partial charge in [-0.1, -0.05) is 6.08 Å². The first-order chi connectivity index (χ1) is 5.23. The van der Waals surface area contributed by atoms with Crippen LogP contribution in [0.1, 0.15) is 20.3 Å². The topological polar surface area (TPSA) is 60.2 Å². The van der Waals surface area contributed by atoms with Crippen molar-refractivity contribution in [3.05, 3.63) is 12.7 Å². The molecule has 0 bridgehead atoms. The summed E-state index contributed by atoms with van der Waals surface area (Å²) < 4.78 is 21.6. The third-order valence-corrected chi connectivity index (χ3v) is 4.48. The molecule has 72 valence electrons. The van der Waals surface area contributed by atoms with Crippen LogP contribution in [-0.4, -0.2) is 25.5 Å². The Morgan fingerprint density at radius 3 is 2.25 bits per heavy atom. The molecule has 0 aliphatic rings. The van der Waals surface area contributed by atoms with Crippen LogP contribution < -0.4 is 5.73 Å². The van der Waals surface area contributed by atoms with Gasteiger partial charge in [-0.05, 0) is 20.3 Å². The van der Waals surface area contributed by atoms with Gasteiger partial charge in [0.1, 0.15) is 0 Å². The van der Waals surface area contributed by atoms with Gasteiger partial charge < -0.3 is 5.73 Å². The van der Waals surface area contributed by atoms with E-state index in [0.29, 0.717) is 6.42 Å². The molecule has 3 nitrogen and oxygen atoms in total. The second-order valence-corrected chi connectivity index (χ2v) is 6.10. The number of hydrogen-bond acceptors (Lipinski definition) is 3. The van der Waals surface area contributed by atoms with Crippen LogP contribution in [0, 0.1) is 0 Å². The van der Waals surface area contributed by atoms with Crippen molar-refractivity contribution in [1.82, 2.24) is 0 Å². The van der Waals surface area contributed by atoms with Gasteiger partial charge in [-0.15, -0.1) is 6.58 Å². The Labute approximate surface area is 74.6 Å². The first-order valence-electron chi connectivity index (χ1n) is 3.79. The number of nitrogens with two attached hydrogens (primary N) is 1. The Morgan fingerprint density at radius 2 is 2.00 bits per heavy atom. The highest BCUT2D eigenvalue weighted by Gasteiger charge is 2.35. The minimum absolute atomic E-state index is 0.384. The van der Waals surface area contributed by atoms with Crippen molar-refractivity contribution >= 4 is 9.84 Å². The summed E-state index contributed by atoms with van der Waals surface area (Å²) in [6, 6.07) is -0.384. The highest BCUT2D eigenvalue weighted by Crippen LogP contribution is 2.20. The summed E-state index contributed by atoms with van der Waals surface area (Å²) in [5, 5.41) is 0. The Hall–Kier alpha value is -0.350. The molecular formula is C8H17NO2S. The largest absolute Gasteiger partial charge is 0.326 e. The maximum Gasteiger partial charge on any atom is 0.154 e. The van der Waals surface area contributed by atoms with Gasteiger partial charge in [0.05, 0.1) is 4.75 Å². The van der Waals surface area contributed by atoms with E-state index in [-0.39, 0.29) is 6.04 Å². The SMILES string of the molecule is C=CCC(N)C(C)(C)S(C)(=O)=O. The minimum Gasteiger partial charge on any atom is -0.326 e. The van der Waals surface area contributed by atoms with E-state index < -0.39 is 14.6 Å². The molecule has 4 heteroatoms. The lowest BCUT2D eigenvalue weighted by Gasteiger charge is -2.28. The van der Waals surface area contributed by atoms with Gasteiger partial charge in [-0.3, -0.25) is 0 Å². The number of sulfone groups is 1. The molecule has 1 unspecified atom stereocenters. The maximum absolute atomic E-state index is 11.3. The Morgan fingerprint density at radius 1 is 1.58 bits per heavy atom. The first kappa shape index (κ1) is 11.6. The lowest BCUT2D eigenvalue weighted by Crippen LogP contribution is -2.48. The molecule has 0 aliphatic heterocycles. The van der Waals surface area contributed by atoms with Crippen LogP contribution in [0.3, 0.4) is 0 Å². The monoisotopic (exact) mass is 191 g/mol. The minimum atomic E-state index is -3.10. The Bertz CT molecular complexity index is 254. The zero-order valence-electron chi connectivity index (χ0n) is 7.87. The van der Waals surface area contributed by atoms with Crippen LogP contribution in [0.25, 0.3) is 0 Å². The third-order valence-electron chi connectivity index (χ3n) is 2.27. The molecule has 0 aromatic carbocycles. The van der Waals surface area contributed by atoms with Crippen molar-refractivity contribution < 1.29 is 8.42 Å². The van der Waals surface area contributed by atoms with E-state index in [2.05, 4.69) is 6.58 Å². The summed E-state index contributed by atoms with van der Waals surface area (Å²) in [5.41, 5.74) is 5.70. The second kappa shape index (κ2) is 3.58. The molecule has 0 radical (unpaired) electrons. The van der Waals surface area contributed by atoms with Crippen molar-refractivity contribution in [2.24, 2.45) is 5.73 Å². The predicted octanol–water partition coefficient (Wildman–Crippen LogP) is 0.713. The molecule has 0 rings (SSSR count). The van der Waals surface area contributed by atoms with Crippen LogP contribution in [0.2, 0.25) is 0 Å². The van der Waals surface area contributed by atoms with E-state index in [1.807, 2.05) is 0 Å². The summed E-state index contributed by atoms with van der Waals surface area (Å²) in [7, 11) is -3.10. The quantitative estimate of drug-likeness (QED) is 0.666. The number of rotatable bonds is 4. The van der Waals surface area contributed by atoms with E-state index >= 15 is 0 Å². The predicted molar refractivity (Wildman–Crippen MR) is 51.7 cm³/mol. The third kappa shape index (κ3) is 2.32. The first-order valence-corrected chi connectivity index (χ1v) is 5.68. The summed E-state index contributed by atoms with van der Waals surface area (Å²) in [6.45, 7) is 6.79. The summed E-state index contributed by atoms with van der Waals surface area (Å²) in [4.78, 5) is 0. The lowest BCUT2D eigenvalue weighted by atomic mass is 10.0. The highest BCUT2D eigenvalue weighted by atomic mass is 32.2. The summed E-state index contributed by atoms with van der Waals surface area (Å²) in [5.74, 6) is 0. The zero-order chi connectivity index (χ0) is 9.99. The van der Waals surface area contributed by atoms with Crippen molar-refractivity contribution in [3.8, 4) is 0 Å². The van der Waals surface area contributed by atoms with E-state index in [1.165, 1.54) is 6.26 Å².